The van der Waals surface area contributed by atoms with Gasteiger partial charge in [-0.25, -0.2) is 0 Å². The number of rotatable bonds is 4. The van der Waals surface area contributed by atoms with Crippen molar-refractivity contribution in [1.82, 2.24) is 10.2 Å². The Labute approximate surface area is 123 Å². The lowest BCUT2D eigenvalue weighted by Crippen LogP contribution is -2.81. The zero-order valence-electron chi connectivity index (χ0n) is 11.9. The summed E-state index contributed by atoms with van der Waals surface area (Å²) < 4.78 is 5.77. The third-order valence-electron chi connectivity index (χ3n) is 3.77. The second-order valence-corrected chi connectivity index (χ2v) is 6.32. The van der Waals surface area contributed by atoms with E-state index in [0.717, 1.165) is 24.6 Å². The molecule has 0 aliphatic carbocycles. The fraction of sp³-hybridized carbons (Fsp3) is 0.467. The van der Waals surface area contributed by atoms with Crippen LogP contribution in [0.2, 0.25) is 0 Å². The fourth-order valence-electron chi connectivity index (χ4n) is 2.52. The molecule has 1 aromatic heterocycles. The van der Waals surface area contributed by atoms with Crippen LogP contribution < -0.4 is 5.32 Å². The average Bonchev–Trinajstić information content (AvgIpc) is 3.09. The van der Waals surface area contributed by atoms with E-state index in [2.05, 4.69) is 47.6 Å². The maximum atomic E-state index is 5.77. The van der Waals surface area contributed by atoms with Crippen molar-refractivity contribution in [3.05, 3.63) is 40.8 Å². The predicted octanol–water partition coefficient (Wildman–Crippen LogP) is 2.38. The van der Waals surface area contributed by atoms with Crippen LogP contribution in [0.5, 0.6) is 0 Å². The number of aryl methyl sites for hydroxylation is 2. The van der Waals surface area contributed by atoms with Crippen molar-refractivity contribution in [3.8, 4) is 0 Å². The van der Waals surface area contributed by atoms with Crippen molar-refractivity contribution >= 4 is 11.8 Å². The molecule has 0 unspecified atom stereocenters. The lowest BCUT2D eigenvalue weighted by Gasteiger charge is -2.05. The quantitative estimate of drug-likeness (QED) is 0.878. The minimum absolute atomic E-state index is 0.373. The van der Waals surface area contributed by atoms with E-state index in [-0.39, 0.29) is 0 Å². The number of benzene rings is 1. The molecule has 2 aromatic rings. The Hall–Kier alpha value is -1.33. The van der Waals surface area contributed by atoms with Crippen LogP contribution in [0.25, 0.3) is 0 Å². The highest BCUT2D eigenvalue weighted by atomic mass is 32.2. The van der Waals surface area contributed by atoms with Gasteiger partial charge in [0, 0.05) is 18.6 Å². The van der Waals surface area contributed by atoms with Gasteiger partial charge in [0.1, 0.15) is 0 Å². The predicted molar refractivity (Wildman–Crippen MR) is 78.5 cm³/mol. The van der Waals surface area contributed by atoms with Crippen LogP contribution in [0.3, 0.4) is 0 Å². The molecule has 1 atom stereocenters. The van der Waals surface area contributed by atoms with E-state index in [1.54, 1.807) is 11.8 Å². The molecule has 0 spiro atoms. The van der Waals surface area contributed by atoms with E-state index in [9.17, 15) is 0 Å². The van der Waals surface area contributed by atoms with E-state index >= 15 is 0 Å². The summed E-state index contributed by atoms with van der Waals surface area (Å²) in [7, 11) is 0. The maximum Gasteiger partial charge on any atom is 0.277 e. The van der Waals surface area contributed by atoms with Crippen LogP contribution in [0.15, 0.2) is 27.8 Å². The van der Waals surface area contributed by atoms with Crippen LogP contribution in [0.4, 0.5) is 0 Å². The van der Waals surface area contributed by atoms with Gasteiger partial charge in [-0.1, -0.05) is 35.5 Å². The molecule has 0 radical (unpaired) electrons. The second kappa shape index (κ2) is 5.97. The van der Waals surface area contributed by atoms with Gasteiger partial charge < -0.3 is 9.73 Å². The Morgan fingerprint density at radius 1 is 1.35 bits per heavy atom. The summed E-state index contributed by atoms with van der Waals surface area (Å²) in [5.41, 5.74) is 3.94. The molecule has 0 bridgehead atoms. The van der Waals surface area contributed by atoms with Crippen LogP contribution >= 0.6 is 11.8 Å². The molecule has 20 heavy (non-hydrogen) atoms. The summed E-state index contributed by atoms with van der Waals surface area (Å²) in [6, 6.07) is 6.91. The number of quaternary nitrogens is 1. The van der Waals surface area contributed by atoms with Gasteiger partial charge >= 0.3 is 0 Å². The lowest BCUT2D eigenvalue weighted by atomic mass is 10.1. The van der Waals surface area contributed by atoms with E-state index in [0.29, 0.717) is 11.3 Å². The van der Waals surface area contributed by atoms with Gasteiger partial charge in [0.25, 0.3) is 11.1 Å². The molecule has 1 aromatic carbocycles. The van der Waals surface area contributed by atoms with Crippen LogP contribution in [0, 0.1) is 13.8 Å². The van der Waals surface area contributed by atoms with Gasteiger partial charge in [0.05, 0.1) is 6.54 Å². The number of nitrogens with zero attached hydrogens (tertiary/aromatic N) is 2. The first-order valence-electron chi connectivity index (χ1n) is 7.08. The highest BCUT2D eigenvalue weighted by molar-refractivity contribution is 7.98. The lowest BCUT2D eigenvalue weighted by molar-refractivity contribution is -0.678. The molecule has 0 amide bonds. The highest BCUT2D eigenvalue weighted by Crippen LogP contribution is 2.26. The van der Waals surface area contributed by atoms with E-state index < -0.39 is 0 Å². The zero-order chi connectivity index (χ0) is 13.9. The Bertz CT molecular complexity index is 591. The Morgan fingerprint density at radius 2 is 2.25 bits per heavy atom. The summed E-state index contributed by atoms with van der Waals surface area (Å²) >= 11 is 1.62. The Kier molecular flexibility index (Phi) is 4.08. The van der Waals surface area contributed by atoms with Crippen LogP contribution in [-0.4, -0.2) is 16.7 Å². The smallest absolute Gasteiger partial charge is 0.277 e. The van der Waals surface area contributed by atoms with Gasteiger partial charge in [-0.05, 0) is 25.0 Å². The van der Waals surface area contributed by atoms with Crippen molar-refractivity contribution in [1.29, 1.82) is 0 Å². The Balaban J connectivity index is 1.64. The first-order chi connectivity index (χ1) is 9.72. The molecule has 2 N–H and O–H groups in total. The molecule has 0 saturated carbocycles. The molecular weight excluding hydrogens is 270 g/mol. The summed E-state index contributed by atoms with van der Waals surface area (Å²) in [5.74, 6) is 1.66. The van der Waals surface area contributed by atoms with Crippen molar-refractivity contribution in [2.75, 3.05) is 6.54 Å². The Morgan fingerprint density at radius 3 is 3.05 bits per heavy atom. The largest absolute Gasteiger partial charge is 0.410 e. The van der Waals surface area contributed by atoms with Crippen molar-refractivity contribution < 1.29 is 9.73 Å². The van der Waals surface area contributed by atoms with Crippen molar-refractivity contribution in [3.63, 3.8) is 0 Å². The van der Waals surface area contributed by atoms with Gasteiger partial charge in [0.15, 0.2) is 6.04 Å². The number of nitrogens with two attached hydrogens (primary N) is 1. The third-order valence-corrected chi connectivity index (χ3v) is 4.63. The maximum absolute atomic E-state index is 5.77. The minimum Gasteiger partial charge on any atom is -0.410 e. The van der Waals surface area contributed by atoms with Crippen LogP contribution in [-0.2, 0) is 5.75 Å². The van der Waals surface area contributed by atoms with E-state index in [1.165, 1.54) is 23.1 Å². The first-order valence-corrected chi connectivity index (χ1v) is 8.06. The number of thioether (sulfide) groups is 1. The molecule has 4 nitrogen and oxygen atoms in total. The highest BCUT2D eigenvalue weighted by Gasteiger charge is 2.26. The van der Waals surface area contributed by atoms with Gasteiger partial charge in [-0.3, -0.25) is 0 Å². The van der Waals surface area contributed by atoms with Crippen molar-refractivity contribution in [2.24, 2.45) is 0 Å². The number of hydrogen-bond donors (Lipinski definition) is 1. The zero-order valence-corrected chi connectivity index (χ0v) is 12.7. The van der Waals surface area contributed by atoms with Crippen molar-refractivity contribution in [2.45, 2.75) is 43.7 Å². The SMILES string of the molecule is Cc1ccc(C)c(CSc2nnc([C@@H]3CCC[NH2+]3)o2)c1. The molecular formula is C15H20N3OS+. The average molecular weight is 290 g/mol. The van der Waals surface area contributed by atoms with Gasteiger partial charge in [-0.15, -0.1) is 10.2 Å². The molecule has 5 heteroatoms. The molecule has 1 aliphatic rings. The van der Waals surface area contributed by atoms with Gasteiger partial charge in [-0.2, -0.15) is 0 Å². The topological polar surface area (TPSA) is 55.5 Å². The number of aromatic nitrogens is 2. The fourth-order valence-corrected chi connectivity index (χ4v) is 3.36. The molecule has 1 fully saturated rings. The summed E-state index contributed by atoms with van der Waals surface area (Å²) in [6.07, 6.45) is 2.38. The minimum atomic E-state index is 0.373. The molecule has 1 aliphatic heterocycles. The molecule has 106 valence electrons. The molecule has 1 saturated heterocycles. The standard InChI is InChI=1S/C15H19N3OS/c1-10-5-6-11(2)12(8-10)9-20-15-18-17-14(19-15)13-4-3-7-16-13/h5-6,8,13,16H,3-4,7,9H2,1-2H3/p+1/t13-/m0/s1. The monoisotopic (exact) mass is 290 g/mol. The summed E-state index contributed by atoms with van der Waals surface area (Å²) in [5, 5.41) is 11.3. The normalized spacial score (nSPS) is 18.6. The molecule has 2 heterocycles. The summed E-state index contributed by atoms with van der Waals surface area (Å²) in [6.45, 7) is 5.43. The van der Waals surface area contributed by atoms with Crippen LogP contribution in [0.1, 0.15) is 41.5 Å². The van der Waals surface area contributed by atoms with Gasteiger partial charge in [0.2, 0.25) is 0 Å². The molecule has 3 rings (SSSR count). The van der Waals surface area contributed by atoms with E-state index in [4.69, 9.17) is 4.42 Å². The summed E-state index contributed by atoms with van der Waals surface area (Å²) in [4.78, 5) is 0. The second-order valence-electron chi connectivity index (χ2n) is 5.40. The number of hydrogen-bond acceptors (Lipinski definition) is 4. The first kappa shape index (κ1) is 13.6. The van der Waals surface area contributed by atoms with E-state index in [1.807, 2.05) is 0 Å². The third kappa shape index (κ3) is 3.04.